The van der Waals surface area contributed by atoms with E-state index in [9.17, 15) is 10.1 Å². The molecule has 19 heavy (non-hydrogen) atoms. The van der Waals surface area contributed by atoms with Crippen LogP contribution < -0.4 is 10.2 Å². The van der Waals surface area contributed by atoms with Gasteiger partial charge in [-0.05, 0) is 37.8 Å². The molecule has 2 unspecified atom stereocenters. The smallest absolute Gasteiger partial charge is 0.311 e. The third kappa shape index (κ3) is 2.28. The largest absolute Gasteiger partial charge is 0.349 e. The number of hydrogen-bond acceptors (Lipinski definition) is 5. The van der Waals surface area contributed by atoms with E-state index in [1.54, 1.807) is 12.3 Å². The molecule has 2 aliphatic heterocycles. The van der Waals surface area contributed by atoms with Crippen molar-refractivity contribution >= 4 is 11.5 Å². The van der Waals surface area contributed by atoms with Gasteiger partial charge in [0.2, 0.25) is 5.82 Å². The van der Waals surface area contributed by atoms with Crippen LogP contribution >= 0.6 is 0 Å². The molecule has 6 heteroatoms. The zero-order valence-corrected chi connectivity index (χ0v) is 11.0. The van der Waals surface area contributed by atoms with Crippen molar-refractivity contribution in [1.29, 1.82) is 0 Å². The van der Waals surface area contributed by atoms with Gasteiger partial charge in [0.15, 0.2) is 0 Å². The van der Waals surface area contributed by atoms with Gasteiger partial charge in [0, 0.05) is 31.4 Å². The van der Waals surface area contributed by atoms with Crippen molar-refractivity contribution < 1.29 is 4.92 Å². The zero-order chi connectivity index (χ0) is 13.4. The molecule has 0 aliphatic carbocycles. The van der Waals surface area contributed by atoms with Crippen molar-refractivity contribution in [3.8, 4) is 0 Å². The average molecular weight is 262 g/mol. The van der Waals surface area contributed by atoms with E-state index in [2.05, 4.69) is 15.2 Å². The fourth-order valence-corrected chi connectivity index (χ4v) is 3.14. The Morgan fingerprint density at radius 2 is 2.37 bits per heavy atom. The highest BCUT2D eigenvalue weighted by molar-refractivity contribution is 5.59. The van der Waals surface area contributed by atoms with Crippen LogP contribution in [0.15, 0.2) is 12.3 Å². The highest BCUT2D eigenvalue weighted by Gasteiger charge is 2.37. The van der Waals surface area contributed by atoms with E-state index in [1.165, 1.54) is 12.8 Å². The van der Waals surface area contributed by atoms with Crippen LogP contribution in [0.25, 0.3) is 0 Å². The van der Waals surface area contributed by atoms with Gasteiger partial charge in [-0.1, -0.05) is 0 Å². The Labute approximate surface area is 112 Å². The van der Waals surface area contributed by atoms with Crippen LogP contribution in [0.2, 0.25) is 0 Å². The Hall–Kier alpha value is -1.69. The Morgan fingerprint density at radius 3 is 3.11 bits per heavy atom. The second kappa shape index (κ2) is 4.77. The van der Waals surface area contributed by atoms with Gasteiger partial charge in [-0.15, -0.1) is 0 Å². The Morgan fingerprint density at radius 1 is 1.53 bits per heavy atom. The summed E-state index contributed by atoms with van der Waals surface area (Å²) < 4.78 is 0. The summed E-state index contributed by atoms with van der Waals surface area (Å²) in [6.45, 7) is 4.57. The van der Waals surface area contributed by atoms with Gasteiger partial charge >= 0.3 is 5.69 Å². The van der Waals surface area contributed by atoms with Crippen LogP contribution in [0.4, 0.5) is 11.5 Å². The highest BCUT2D eigenvalue weighted by Crippen LogP contribution is 2.33. The predicted octanol–water partition coefficient (Wildman–Crippen LogP) is 1.49. The van der Waals surface area contributed by atoms with E-state index in [4.69, 9.17) is 0 Å². The Bertz CT molecular complexity index is 491. The zero-order valence-electron chi connectivity index (χ0n) is 11.0. The third-order valence-electron chi connectivity index (χ3n) is 4.08. The number of hydrogen-bond donors (Lipinski definition) is 1. The second-order valence-corrected chi connectivity index (χ2v) is 5.48. The molecule has 6 nitrogen and oxygen atoms in total. The van der Waals surface area contributed by atoms with E-state index >= 15 is 0 Å². The van der Waals surface area contributed by atoms with Gasteiger partial charge < -0.3 is 10.2 Å². The molecule has 2 atom stereocenters. The van der Waals surface area contributed by atoms with E-state index in [0.29, 0.717) is 17.8 Å². The molecule has 2 fully saturated rings. The fourth-order valence-electron chi connectivity index (χ4n) is 3.14. The van der Waals surface area contributed by atoms with Crippen LogP contribution in [-0.4, -0.2) is 35.6 Å². The Balaban J connectivity index is 1.88. The summed E-state index contributed by atoms with van der Waals surface area (Å²) >= 11 is 0. The number of rotatable bonds is 2. The number of aryl methyl sites for hydroxylation is 1. The summed E-state index contributed by atoms with van der Waals surface area (Å²) in [4.78, 5) is 17.2. The molecular weight excluding hydrogens is 244 g/mol. The van der Waals surface area contributed by atoms with Crippen LogP contribution in [0.3, 0.4) is 0 Å². The first-order chi connectivity index (χ1) is 9.15. The lowest BCUT2D eigenvalue weighted by atomic mass is 9.94. The molecule has 1 aromatic heterocycles. The van der Waals surface area contributed by atoms with Crippen molar-refractivity contribution in [1.82, 2.24) is 10.3 Å². The van der Waals surface area contributed by atoms with Crippen molar-refractivity contribution in [3.63, 3.8) is 0 Å². The summed E-state index contributed by atoms with van der Waals surface area (Å²) in [6.07, 6.45) is 4.10. The number of aromatic nitrogens is 1. The summed E-state index contributed by atoms with van der Waals surface area (Å²) in [5.74, 6) is 1.11. The van der Waals surface area contributed by atoms with E-state index < -0.39 is 0 Å². The molecule has 2 saturated heterocycles. The van der Waals surface area contributed by atoms with Crippen molar-refractivity contribution in [3.05, 3.63) is 27.9 Å². The van der Waals surface area contributed by atoms with Gasteiger partial charge in [0.05, 0.1) is 4.92 Å². The van der Waals surface area contributed by atoms with Gasteiger partial charge in [0.1, 0.15) is 0 Å². The normalized spacial score (nSPS) is 26.3. The standard InChI is InChI=1S/C13H18N4O2/c1-9-5-12(17(18)19)13(15-6-9)16-7-10-3-2-4-14-11(10)8-16/h5-6,10-11,14H,2-4,7-8H2,1H3. The maximum atomic E-state index is 11.2. The van der Waals surface area contributed by atoms with E-state index in [-0.39, 0.29) is 10.6 Å². The van der Waals surface area contributed by atoms with Crippen molar-refractivity contribution in [2.24, 2.45) is 5.92 Å². The second-order valence-electron chi connectivity index (χ2n) is 5.48. The molecule has 0 amide bonds. The lowest BCUT2D eigenvalue weighted by molar-refractivity contribution is -0.384. The number of fused-ring (bicyclic) bond motifs is 1. The van der Waals surface area contributed by atoms with Gasteiger partial charge in [-0.2, -0.15) is 0 Å². The summed E-state index contributed by atoms with van der Waals surface area (Å²) in [7, 11) is 0. The van der Waals surface area contributed by atoms with E-state index in [0.717, 1.165) is 25.2 Å². The Kier molecular flexibility index (Phi) is 3.10. The fraction of sp³-hybridized carbons (Fsp3) is 0.615. The molecule has 102 valence electrons. The first kappa shape index (κ1) is 12.3. The number of anilines is 1. The number of piperidine rings is 1. The number of pyridine rings is 1. The van der Waals surface area contributed by atoms with Crippen LogP contribution in [0.5, 0.6) is 0 Å². The molecule has 0 spiro atoms. The maximum Gasteiger partial charge on any atom is 0.311 e. The van der Waals surface area contributed by atoms with Crippen molar-refractivity contribution in [2.75, 3.05) is 24.5 Å². The minimum atomic E-state index is -0.329. The molecule has 3 heterocycles. The molecule has 1 N–H and O–H groups in total. The number of nitrogens with zero attached hydrogens (tertiary/aromatic N) is 3. The molecule has 0 radical (unpaired) electrons. The van der Waals surface area contributed by atoms with Gasteiger partial charge in [0.25, 0.3) is 0 Å². The third-order valence-corrected chi connectivity index (χ3v) is 4.08. The van der Waals surface area contributed by atoms with Crippen LogP contribution in [-0.2, 0) is 0 Å². The SMILES string of the molecule is Cc1cnc(N2CC3CCCNC3C2)c([N+](=O)[O-])c1. The minimum absolute atomic E-state index is 0.124. The van der Waals surface area contributed by atoms with E-state index in [1.807, 2.05) is 6.92 Å². The molecule has 0 bridgehead atoms. The first-order valence-electron chi connectivity index (χ1n) is 6.74. The van der Waals surface area contributed by atoms with Gasteiger partial charge in [-0.3, -0.25) is 10.1 Å². The van der Waals surface area contributed by atoms with Crippen LogP contribution in [0.1, 0.15) is 18.4 Å². The quantitative estimate of drug-likeness (QED) is 0.645. The lowest BCUT2D eigenvalue weighted by Gasteiger charge is -2.24. The van der Waals surface area contributed by atoms with Crippen LogP contribution in [0, 0.1) is 23.0 Å². The molecule has 0 aromatic carbocycles. The number of nitrogens with one attached hydrogen (secondary N) is 1. The monoisotopic (exact) mass is 262 g/mol. The molecular formula is C13H18N4O2. The summed E-state index contributed by atoms with van der Waals surface area (Å²) in [5.41, 5.74) is 0.948. The number of nitro groups is 1. The minimum Gasteiger partial charge on any atom is -0.349 e. The molecule has 2 aliphatic rings. The molecule has 3 rings (SSSR count). The maximum absolute atomic E-state index is 11.2. The predicted molar refractivity (Wildman–Crippen MR) is 72.4 cm³/mol. The average Bonchev–Trinajstić information content (AvgIpc) is 2.82. The van der Waals surface area contributed by atoms with Crippen molar-refractivity contribution in [2.45, 2.75) is 25.8 Å². The molecule has 0 saturated carbocycles. The summed E-state index contributed by atoms with van der Waals surface area (Å²) in [6, 6.07) is 2.06. The van der Waals surface area contributed by atoms with Gasteiger partial charge in [-0.25, -0.2) is 4.98 Å². The highest BCUT2D eigenvalue weighted by atomic mass is 16.6. The lowest BCUT2D eigenvalue weighted by Crippen LogP contribution is -2.40. The summed E-state index contributed by atoms with van der Waals surface area (Å²) in [5, 5.41) is 14.7. The molecule has 1 aromatic rings. The first-order valence-corrected chi connectivity index (χ1v) is 6.74. The topological polar surface area (TPSA) is 71.3 Å².